The zero-order valence-electron chi connectivity index (χ0n) is 17.3. The molecule has 0 amide bonds. The fourth-order valence-corrected chi connectivity index (χ4v) is 4.41. The number of aliphatic hydroxyl groups excluding tert-OH is 1. The van der Waals surface area contributed by atoms with Crippen LogP contribution < -0.4 is 10.1 Å². The third kappa shape index (κ3) is 6.22. The third-order valence-electron chi connectivity index (χ3n) is 5.48. The van der Waals surface area contributed by atoms with Crippen molar-refractivity contribution < 1.29 is 9.84 Å². The Bertz CT molecular complexity index is 924. The highest BCUT2D eigenvalue weighted by Crippen LogP contribution is 2.16. The summed E-state index contributed by atoms with van der Waals surface area (Å²) >= 11 is 1.25. The average molecular weight is 427 g/mol. The number of hydrogen-bond acceptors (Lipinski definition) is 7. The largest absolute Gasteiger partial charge is 0.491 e. The van der Waals surface area contributed by atoms with E-state index in [4.69, 9.17) is 4.74 Å². The number of likely N-dealkylation sites (tertiary alicyclic amines) is 1. The summed E-state index contributed by atoms with van der Waals surface area (Å²) in [6.07, 6.45) is 4.62. The molecule has 160 valence electrons. The molecule has 0 aliphatic carbocycles. The van der Waals surface area contributed by atoms with Gasteiger partial charge in [0.1, 0.15) is 29.5 Å². The van der Waals surface area contributed by atoms with Crippen LogP contribution in [0.4, 0.5) is 0 Å². The van der Waals surface area contributed by atoms with E-state index in [-0.39, 0.29) is 0 Å². The molecular weight excluding hydrogens is 396 g/mol. The van der Waals surface area contributed by atoms with Crippen LogP contribution >= 0.6 is 11.7 Å². The molecule has 30 heavy (non-hydrogen) atoms. The molecule has 0 bridgehead atoms. The molecule has 6 nitrogen and oxygen atoms in total. The molecule has 0 spiro atoms. The van der Waals surface area contributed by atoms with Crippen LogP contribution in [0.1, 0.15) is 36.8 Å². The van der Waals surface area contributed by atoms with Crippen molar-refractivity contribution in [2.45, 2.75) is 44.9 Å². The van der Waals surface area contributed by atoms with E-state index in [2.05, 4.69) is 37.2 Å². The van der Waals surface area contributed by atoms with Crippen molar-refractivity contribution in [1.29, 1.82) is 0 Å². The van der Waals surface area contributed by atoms with Gasteiger partial charge in [-0.2, -0.15) is 8.75 Å². The molecule has 2 aromatic carbocycles. The monoisotopic (exact) mass is 426 g/mol. The Morgan fingerprint density at radius 3 is 2.57 bits per heavy atom. The number of rotatable bonds is 9. The lowest BCUT2D eigenvalue weighted by Gasteiger charge is -2.23. The fraction of sp³-hybridized carbons (Fsp3) is 0.478. The molecule has 4 rings (SSSR count). The lowest BCUT2D eigenvalue weighted by Crippen LogP contribution is -2.36. The van der Waals surface area contributed by atoms with E-state index >= 15 is 0 Å². The lowest BCUT2D eigenvalue weighted by atomic mass is 10.2. The number of hydrogen-bond donors (Lipinski definition) is 2. The standard InChI is InChI=1S/C23H30N4O2S/c28-20(16-27-10-3-1-2-4-11-27)17-29-21-7-5-6-18(12-21)14-24-15-19-8-9-22-23(13-19)26-30-25-22/h5-9,12-13,20,24,28H,1-4,10-11,14-17H2. The Kier molecular flexibility index (Phi) is 7.64. The van der Waals surface area contributed by atoms with Gasteiger partial charge in [-0.1, -0.05) is 31.0 Å². The molecule has 0 radical (unpaired) electrons. The number of fused-ring (bicyclic) bond motifs is 1. The Balaban J connectivity index is 1.22. The van der Waals surface area contributed by atoms with Crippen molar-refractivity contribution in [1.82, 2.24) is 19.0 Å². The van der Waals surface area contributed by atoms with Gasteiger partial charge < -0.3 is 20.1 Å². The Morgan fingerprint density at radius 2 is 1.73 bits per heavy atom. The van der Waals surface area contributed by atoms with Crippen LogP contribution in [0.15, 0.2) is 42.5 Å². The Labute approximate surface area is 182 Å². The normalized spacial score (nSPS) is 16.4. The lowest BCUT2D eigenvalue weighted by molar-refractivity contribution is 0.0693. The maximum atomic E-state index is 10.4. The molecule has 2 heterocycles. The quantitative estimate of drug-likeness (QED) is 0.545. The third-order valence-corrected chi connectivity index (χ3v) is 6.04. The van der Waals surface area contributed by atoms with E-state index in [1.54, 1.807) is 0 Å². The van der Waals surface area contributed by atoms with E-state index in [1.165, 1.54) is 43.0 Å². The van der Waals surface area contributed by atoms with E-state index in [0.29, 0.717) is 13.2 Å². The van der Waals surface area contributed by atoms with Crippen LogP contribution in [0.2, 0.25) is 0 Å². The molecule has 1 aliphatic heterocycles. The number of nitrogens with zero attached hydrogens (tertiary/aromatic N) is 3. The van der Waals surface area contributed by atoms with E-state index in [1.807, 2.05) is 24.3 Å². The summed E-state index contributed by atoms with van der Waals surface area (Å²) in [5, 5.41) is 13.8. The minimum absolute atomic E-state index is 0.328. The van der Waals surface area contributed by atoms with E-state index in [9.17, 15) is 5.11 Å². The smallest absolute Gasteiger partial charge is 0.119 e. The minimum Gasteiger partial charge on any atom is -0.491 e. The van der Waals surface area contributed by atoms with Gasteiger partial charge in [-0.15, -0.1) is 0 Å². The van der Waals surface area contributed by atoms with Crippen LogP contribution in [0.5, 0.6) is 5.75 Å². The molecule has 1 fully saturated rings. The van der Waals surface area contributed by atoms with Gasteiger partial charge in [0.05, 0.1) is 11.7 Å². The van der Waals surface area contributed by atoms with Crippen molar-refractivity contribution in [3.8, 4) is 5.75 Å². The first-order valence-electron chi connectivity index (χ1n) is 10.8. The molecule has 1 atom stereocenters. The van der Waals surface area contributed by atoms with Crippen LogP contribution in [-0.2, 0) is 13.1 Å². The fourth-order valence-electron chi connectivity index (χ4n) is 3.90. The maximum absolute atomic E-state index is 10.4. The van der Waals surface area contributed by atoms with E-state index < -0.39 is 6.10 Å². The zero-order chi connectivity index (χ0) is 20.6. The topological polar surface area (TPSA) is 70.5 Å². The molecule has 0 saturated carbocycles. The number of aromatic nitrogens is 2. The summed E-state index contributed by atoms with van der Waals surface area (Å²) in [4.78, 5) is 2.36. The van der Waals surface area contributed by atoms with Gasteiger partial charge in [-0.05, 0) is 61.3 Å². The highest BCUT2D eigenvalue weighted by Gasteiger charge is 2.14. The van der Waals surface area contributed by atoms with Crippen LogP contribution in [0, 0.1) is 0 Å². The molecule has 1 saturated heterocycles. The van der Waals surface area contributed by atoms with Gasteiger partial charge in [0, 0.05) is 19.6 Å². The summed E-state index contributed by atoms with van der Waals surface area (Å²) in [6.45, 7) is 4.72. The number of ether oxygens (including phenoxy) is 1. The van der Waals surface area contributed by atoms with E-state index in [0.717, 1.165) is 48.5 Å². The number of nitrogens with one attached hydrogen (secondary N) is 1. The summed E-state index contributed by atoms with van der Waals surface area (Å²) in [7, 11) is 0. The summed E-state index contributed by atoms with van der Waals surface area (Å²) in [6, 6.07) is 14.3. The van der Waals surface area contributed by atoms with Crippen molar-refractivity contribution >= 4 is 22.8 Å². The van der Waals surface area contributed by atoms with Crippen molar-refractivity contribution in [3.63, 3.8) is 0 Å². The Hall–Kier alpha value is -2.06. The first kappa shape index (κ1) is 21.2. The number of aliphatic hydroxyl groups is 1. The highest BCUT2D eigenvalue weighted by atomic mass is 32.1. The zero-order valence-corrected chi connectivity index (χ0v) is 18.1. The predicted octanol–water partition coefficient (Wildman–Crippen LogP) is 3.60. The van der Waals surface area contributed by atoms with Crippen LogP contribution in [0.3, 0.4) is 0 Å². The molecule has 1 unspecified atom stereocenters. The molecule has 1 aliphatic rings. The van der Waals surface area contributed by atoms with Crippen molar-refractivity contribution in [3.05, 3.63) is 53.6 Å². The second kappa shape index (κ2) is 10.8. The first-order chi connectivity index (χ1) is 14.8. The SMILES string of the molecule is OC(COc1cccc(CNCc2ccc3nsnc3c2)c1)CN1CCCCCC1. The number of benzene rings is 2. The average Bonchev–Trinajstić information content (AvgIpc) is 3.08. The van der Waals surface area contributed by atoms with Crippen LogP contribution in [0.25, 0.3) is 11.0 Å². The van der Waals surface area contributed by atoms with Crippen molar-refractivity contribution in [2.24, 2.45) is 0 Å². The van der Waals surface area contributed by atoms with Gasteiger partial charge in [-0.3, -0.25) is 0 Å². The number of β-amino-alcohol motifs (C(OH)–C–C–N with tert-alkyl or cyclic N) is 1. The molecule has 1 aromatic heterocycles. The molecular formula is C23H30N4O2S. The van der Waals surface area contributed by atoms with Crippen molar-refractivity contribution in [2.75, 3.05) is 26.2 Å². The Morgan fingerprint density at radius 1 is 0.967 bits per heavy atom. The van der Waals surface area contributed by atoms with Gasteiger partial charge in [0.25, 0.3) is 0 Å². The van der Waals surface area contributed by atoms with Crippen LogP contribution in [-0.4, -0.2) is 51.1 Å². The second-order valence-electron chi connectivity index (χ2n) is 8.02. The molecule has 3 aromatic rings. The van der Waals surface area contributed by atoms with Gasteiger partial charge in [-0.25, -0.2) is 0 Å². The predicted molar refractivity (Wildman–Crippen MR) is 121 cm³/mol. The summed E-state index contributed by atoms with van der Waals surface area (Å²) in [5.74, 6) is 0.805. The first-order valence-corrected chi connectivity index (χ1v) is 11.5. The molecule has 7 heteroatoms. The summed E-state index contributed by atoms with van der Waals surface area (Å²) in [5.41, 5.74) is 4.25. The summed E-state index contributed by atoms with van der Waals surface area (Å²) < 4.78 is 14.4. The van der Waals surface area contributed by atoms with Gasteiger partial charge in [0.15, 0.2) is 0 Å². The highest BCUT2D eigenvalue weighted by molar-refractivity contribution is 7.00. The second-order valence-corrected chi connectivity index (χ2v) is 8.55. The maximum Gasteiger partial charge on any atom is 0.119 e. The van der Waals surface area contributed by atoms with Gasteiger partial charge in [0.2, 0.25) is 0 Å². The minimum atomic E-state index is -0.458. The van der Waals surface area contributed by atoms with Gasteiger partial charge >= 0.3 is 0 Å². The molecule has 2 N–H and O–H groups in total.